The highest BCUT2D eigenvalue weighted by molar-refractivity contribution is 5.21. The van der Waals surface area contributed by atoms with E-state index in [1.807, 2.05) is 0 Å². The lowest BCUT2D eigenvalue weighted by Gasteiger charge is -2.09. The largest absolute Gasteiger partial charge is 0.270 e. The fourth-order valence-corrected chi connectivity index (χ4v) is 0.807. The van der Waals surface area contributed by atoms with Crippen molar-refractivity contribution in [3.63, 3.8) is 0 Å². The predicted molar refractivity (Wildman–Crippen MR) is 35.9 cm³/mol. The minimum atomic E-state index is -3.21. The van der Waals surface area contributed by atoms with Crippen LogP contribution in [0.25, 0.3) is 0 Å². The maximum absolute atomic E-state index is 12.5. The molecule has 0 spiro atoms. The average Bonchev–Trinajstić information content (AvgIpc) is 1.82. The average molecular weight is 178 g/mol. The third-order valence-electron chi connectivity index (χ3n) is 1.37. The highest BCUT2D eigenvalue weighted by Gasteiger charge is 2.25. The molecule has 1 aromatic carbocycles. The summed E-state index contributed by atoms with van der Waals surface area (Å²) in [4.78, 5) is 0. The standard InChI is InChI=1S/C8H6F4/c1-8(11,12)5-2-6(9)4-7(10)3-5/h2-4H,1H3. The SMILES string of the molecule is CC(F)(F)c1cc(F)cc(F)c1. The molecule has 0 radical (unpaired) electrons. The molecule has 1 aromatic rings. The van der Waals surface area contributed by atoms with Crippen molar-refractivity contribution in [1.82, 2.24) is 0 Å². The van der Waals surface area contributed by atoms with Crippen LogP contribution in [0.3, 0.4) is 0 Å². The van der Waals surface area contributed by atoms with Gasteiger partial charge in [-0.05, 0) is 12.1 Å². The zero-order chi connectivity index (χ0) is 9.35. The topological polar surface area (TPSA) is 0 Å². The molecule has 0 aliphatic rings. The van der Waals surface area contributed by atoms with E-state index >= 15 is 0 Å². The van der Waals surface area contributed by atoms with Crippen molar-refractivity contribution in [2.24, 2.45) is 0 Å². The molecule has 0 atom stereocenters. The van der Waals surface area contributed by atoms with Gasteiger partial charge in [0.2, 0.25) is 0 Å². The molecule has 0 bridgehead atoms. The molecule has 0 N–H and O–H groups in total. The van der Waals surface area contributed by atoms with Crippen molar-refractivity contribution in [2.75, 3.05) is 0 Å². The highest BCUT2D eigenvalue weighted by Crippen LogP contribution is 2.27. The molecule has 4 heteroatoms. The van der Waals surface area contributed by atoms with Crippen LogP contribution in [0.4, 0.5) is 17.6 Å². The highest BCUT2D eigenvalue weighted by atomic mass is 19.3. The Bertz CT molecular complexity index is 267. The van der Waals surface area contributed by atoms with Gasteiger partial charge in [-0.25, -0.2) is 17.6 Å². The summed E-state index contributed by atoms with van der Waals surface area (Å²) >= 11 is 0. The zero-order valence-electron chi connectivity index (χ0n) is 6.24. The van der Waals surface area contributed by atoms with Crippen molar-refractivity contribution in [3.05, 3.63) is 35.4 Å². The lowest BCUT2D eigenvalue weighted by atomic mass is 10.1. The van der Waals surface area contributed by atoms with Crippen LogP contribution in [0, 0.1) is 11.6 Å². The predicted octanol–water partition coefficient (Wildman–Crippen LogP) is 3.08. The smallest absolute Gasteiger partial charge is 0.207 e. The molecular formula is C8H6F4. The fraction of sp³-hybridized carbons (Fsp3) is 0.250. The van der Waals surface area contributed by atoms with Gasteiger partial charge in [-0.2, -0.15) is 0 Å². The van der Waals surface area contributed by atoms with Gasteiger partial charge in [0.25, 0.3) is 5.92 Å². The molecule has 1 rings (SSSR count). The number of benzene rings is 1. The minimum Gasteiger partial charge on any atom is -0.207 e. The molecule has 0 aliphatic carbocycles. The van der Waals surface area contributed by atoms with Crippen molar-refractivity contribution in [1.29, 1.82) is 0 Å². The van der Waals surface area contributed by atoms with Gasteiger partial charge in [-0.1, -0.05) is 0 Å². The van der Waals surface area contributed by atoms with E-state index in [-0.39, 0.29) is 0 Å². The molecule has 0 amide bonds. The molecule has 0 aromatic heterocycles. The monoisotopic (exact) mass is 178 g/mol. The van der Waals surface area contributed by atoms with Crippen LogP contribution in [0.5, 0.6) is 0 Å². The first-order valence-corrected chi connectivity index (χ1v) is 3.24. The second kappa shape index (κ2) is 2.77. The molecule has 0 heterocycles. The van der Waals surface area contributed by atoms with E-state index in [2.05, 4.69) is 0 Å². The summed E-state index contributed by atoms with van der Waals surface area (Å²) in [5.74, 6) is -5.19. The van der Waals surface area contributed by atoms with Gasteiger partial charge in [0.1, 0.15) is 11.6 Å². The van der Waals surface area contributed by atoms with Crippen LogP contribution in [0.2, 0.25) is 0 Å². The Hall–Kier alpha value is -1.06. The van der Waals surface area contributed by atoms with Gasteiger partial charge < -0.3 is 0 Å². The normalized spacial score (nSPS) is 11.8. The molecule has 0 nitrogen and oxygen atoms in total. The molecule has 0 saturated carbocycles. The van der Waals surface area contributed by atoms with Gasteiger partial charge in [0, 0.05) is 18.6 Å². The molecule has 0 saturated heterocycles. The van der Waals surface area contributed by atoms with E-state index < -0.39 is 23.1 Å². The number of halogens is 4. The van der Waals surface area contributed by atoms with E-state index in [0.717, 1.165) is 0 Å². The zero-order valence-corrected chi connectivity index (χ0v) is 6.24. The van der Waals surface area contributed by atoms with Crippen molar-refractivity contribution in [3.8, 4) is 0 Å². The summed E-state index contributed by atoms with van der Waals surface area (Å²) in [7, 11) is 0. The maximum atomic E-state index is 12.5. The van der Waals surface area contributed by atoms with Gasteiger partial charge >= 0.3 is 0 Å². The molecule has 0 aliphatic heterocycles. The molecule has 0 fully saturated rings. The molecule has 12 heavy (non-hydrogen) atoms. The Morgan fingerprint density at radius 1 is 1.00 bits per heavy atom. The van der Waals surface area contributed by atoms with Crippen LogP contribution in [0.1, 0.15) is 12.5 Å². The van der Waals surface area contributed by atoms with Gasteiger partial charge in [0.15, 0.2) is 0 Å². The second-order valence-corrected chi connectivity index (χ2v) is 2.55. The van der Waals surface area contributed by atoms with Crippen LogP contribution in [-0.4, -0.2) is 0 Å². The Morgan fingerprint density at radius 2 is 1.42 bits per heavy atom. The minimum absolute atomic E-state index is 0.551. The quantitative estimate of drug-likeness (QED) is 0.579. The summed E-state index contributed by atoms with van der Waals surface area (Å²) in [6.07, 6.45) is 0. The van der Waals surface area contributed by atoms with Gasteiger partial charge in [-0.15, -0.1) is 0 Å². The van der Waals surface area contributed by atoms with Crippen LogP contribution in [0.15, 0.2) is 18.2 Å². The first kappa shape index (κ1) is 9.03. The van der Waals surface area contributed by atoms with E-state index in [9.17, 15) is 17.6 Å². The van der Waals surface area contributed by atoms with Crippen LogP contribution in [-0.2, 0) is 5.92 Å². The van der Waals surface area contributed by atoms with E-state index in [1.165, 1.54) is 0 Å². The lowest BCUT2D eigenvalue weighted by molar-refractivity contribution is 0.0168. The number of hydrogen-bond donors (Lipinski definition) is 0. The summed E-state index contributed by atoms with van der Waals surface area (Å²) < 4.78 is 49.7. The summed E-state index contributed by atoms with van der Waals surface area (Å²) in [5.41, 5.74) is -0.653. The van der Waals surface area contributed by atoms with Crippen LogP contribution < -0.4 is 0 Å². The Labute approximate surface area is 66.8 Å². The number of hydrogen-bond acceptors (Lipinski definition) is 0. The Kier molecular flexibility index (Phi) is 2.08. The van der Waals surface area contributed by atoms with Gasteiger partial charge in [-0.3, -0.25) is 0 Å². The van der Waals surface area contributed by atoms with Crippen molar-refractivity contribution < 1.29 is 17.6 Å². The summed E-state index contributed by atoms with van der Waals surface area (Å²) in [6.45, 7) is 0.585. The van der Waals surface area contributed by atoms with Crippen molar-refractivity contribution in [2.45, 2.75) is 12.8 Å². The molecule has 0 unspecified atom stereocenters. The Morgan fingerprint density at radius 3 is 1.75 bits per heavy atom. The first-order chi connectivity index (χ1) is 5.39. The lowest BCUT2D eigenvalue weighted by Crippen LogP contribution is -2.07. The van der Waals surface area contributed by atoms with Crippen molar-refractivity contribution >= 4 is 0 Å². The Balaban J connectivity index is 3.18. The number of alkyl halides is 2. The summed E-state index contributed by atoms with van der Waals surface area (Å²) in [6, 6.07) is 1.78. The van der Waals surface area contributed by atoms with E-state index in [1.54, 1.807) is 0 Å². The first-order valence-electron chi connectivity index (χ1n) is 3.24. The van der Waals surface area contributed by atoms with E-state index in [0.29, 0.717) is 25.1 Å². The maximum Gasteiger partial charge on any atom is 0.270 e. The second-order valence-electron chi connectivity index (χ2n) is 2.55. The molecular weight excluding hydrogens is 172 g/mol. The molecule has 66 valence electrons. The van der Waals surface area contributed by atoms with Crippen LogP contribution >= 0.6 is 0 Å². The third-order valence-corrected chi connectivity index (χ3v) is 1.37. The van der Waals surface area contributed by atoms with Gasteiger partial charge in [0.05, 0.1) is 0 Å². The third kappa shape index (κ3) is 1.96. The summed E-state index contributed by atoms with van der Waals surface area (Å²) in [5, 5.41) is 0. The van der Waals surface area contributed by atoms with E-state index in [4.69, 9.17) is 0 Å². The number of rotatable bonds is 1. The fourth-order valence-electron chi connectivity index (χ4n) is 0.807.